The molecule has 0 N–H and O–H groups in total. The van der Waals surface area contributed by atoms with E-state index in [4.69, 9.17) is 9.16 Å². The molecule has 4 heteroatoms. The van der Waals surface area contributed by atoms with Crippen molar-refractivity contribution >= 4 is 24.7 Å². The van der Waals surface area contributed by atoms with Crippen molar-refractivity contribution in [3.05, 3.63) is 72.8 Å². The number of benzene rings is 2. The fourth-order valence-corrected chi connectivity index (χ4v) is 7.83. The molecule has 0 heterocycles. The quantitative estimate of drug-likeness (QED) is 0.237. The third-order valence-corrected chi connectivity index (χ3v) is 9.52. The highest BCUT2D eigenvalue weighted by Gasteiger charge is 2.49. The van der Waals surface area contributed by atoms with Crippen molar-refractivity contribution < 1.29 is 14.0 Å². The minimum atomic E-state index is -2.53. The van der Waals surface area contributed by atoms with Gasteiger partial charge >= 0.3 is 5.97 Å². The van der Waals surface area contributed by atoms with Gasteiger partial charge < -0.3 is 9.16 Å². The van der Waals surface area contributed by atoms with Crippen LogP contribution >= 0.6 is 0 Å². The molecule has 0 atom stereocenters. The summed E-state index contributed by atoms with van der Waals surface area (Å²) >= 11 is 0. The summed E-state index contributed by atoms with van der Waals surface area (Å²) in [5.41, 5.74) is 0. The largest absolute Gasteiger partial charge is 0.452 e. The van der Waals surface area contributed by atoms with Crippen LogP contribution in [0, 0.1) is 11.8 Å². The average molecular weight is 393 g/mol. The topological polar surface area (TPSA) is 35.5 Å². The summed E-state index contributed by atoms with van der Waals surface area (Å²) in [6, 6.07) is 21.0. The molecule has 0 fully saturated rings. The molecule has 0 aliphatic carbocycles. The van der Waals surface area contributed by atoms with Gasteiger partial charge in [-0.2, -0.15) is 0 Å². The lowest BCUT2D eigenvalue weighted by Gasteiger charge is -2.42. The molecule has 0 aliphatic heterocycles. The third-order valence-electron chi connectivity index (χ3n) is 4.52. The maximum Gasteiger partial charge on any atom is 0.384 e. The summed E-state index contributed by atoms with van der Waals surface area (Å²) < 4.78 is 11.7. The molecule has 0 amide bonds. The highest BCUT2D eigenvalue weighted by Crippen LogP contribution is 2.36. The van der Waals surface area contributed by atoms with Gasteiger partial charge in [0.2, 0.25) is 0 Å². The summed E-state index contributed by atoms with van der Waals surface area (Å²) in [5, 5.41) is 2.42. The summed E-state index contributed by atoms with van der Waals surface area (Å²) in [5.74, 6) is 4.36. The first-order chi connectivity index (χ1) is 13.4. The Hall–Kier alpha value is -2.61. The molecule has 146 valence electrons. The van der Waals surface area contributed by atoms with Crippen LogP contribution in [-0.2, 0) is 14.0 Å². The van der Waals surface area contributed by atoms with Crippen molar-refractivity contribution in [2.24, 2.45) is 0 Å². The first-order valence-electron chi connectivity index (χ1n) is 9.41. The van der Waals surface area contributed by atoms with Crippen LogP contribution in [0.15, 0.2) is 72.8 Å². The summed E-state index contributed by atoms with van der Waals surface area (Å²) in [4.78, 5) is 11.3. The molecule has 0 spiro atoms. The first-order valence-corrected chi connectivity index (χ1v) is 11.3. The van der Waals surface area contributed by atoms with Crippen LogP contribution in [0.5, 0.6) is 0 Å². The second-order valence-electron chi connectivity index (χ2n) is 7.42. The minimum Gasteiger partial charge on any atom is -0.452 e. The number of hydrogen-bond acceptors (Lipinski definition) is 3. The fraction of sp³-hybridized carbons (Fsp3) is 0.292. The Morgan fingerprint density at radius 3 is 1.89 bits per heavy atom. The Balaban J connectivity index is 2.27. The van der Waals surface area contributed by atoms with E-state index in [1.165, 1.54) is 10.4 Å². The van der Waals surface area contributed by atoms with E-state index in [0.717, 1.165) is 0 Å². The van der Waals surface area contributed by atoms with E-state index in [1.54, 1.807) is 13.0 Å². The van der Waals surface area contributed by atoms with Crippen LogP contribution in [-0.4, -0.2) is 27.5 Å². The van der Waals surface area contributed by atoms with Gasteiger partial charge in [-0.05, 0) is 28.4 Å². The summed E-state index contributed by atoms with van der Waals surface area (Å²) in [7, 11) is -2.53. The first kappa shape index (κ1) is 21.7. The lowest BCUT2D eigenvalue weighted by molar-refractivity contribution is -0.135. The molecule has 0 aliphatic rings. The number of hydrogen-bond donors (Lipinski definition) is 0. The van der Waals surface area contributed by atoms with Gasteiger partial charge in [-0.15, -0.1) is 0 Å². The Morgan fingerprint density at radius 2 is 1.43 bits per heavy atom. The van der Waals surface area contributed by atoms with Crippen molar-refractivity contribution in [1.82, 2.24) is 0 Å². The van der Waals surface area contributed by atoms with Crippen LogP contribution in [0.1, 0.15) is 27.7 Å². The molecule has 2 aromatic carbocycles. The zero-order valence-electron chi connectivity index (χ0n) is 17.1. The Labute approximate surface area is 169 Å². The number of carbonyl (C=O) groups is 1. The van der Waals surface area contributed by atoms with Gasteiger partial charge in [0.1, 0.15) is 6.61 Å². The van der Waals surface area contributed by atoms with Gasteiger partial charge in [-0.1, -0.05) is 93.4 Å². The van der Waals surface area contributed by atoms with Crippen molar-refractivity contribution in [1.29, 1.82) is 0 Å². The average Bonchev–Trinajstić information content (AvgIpc) is 2.68. The highest BCUT2D eigenvalue weighted by molar-refractivity contribution is 6.99. The summed E-state index contributed by atoms with van der Waals surface area (Å²) in [6.45, 7) is 8.98. The van der Waals surface area contributed by atoms with Crippen molar-refractivity contribution in [3.8, 4) is 11.8 Å². The van der Waals surface area contributed by atoms with Gasteiger partial charge in [-0.25, -0.2) is 4.79 Å². The Kier molecular flexibility index (Phi) is 7.80. The molecule has 0 unspecified atom stereocenters. The molecule has 2 rings (SSSR count). The zero-order valence-corrected chi connectivity index (χ0v) is 18.1. The standard InChI is InChI=1S/C24H28O3Si/c1-5-14-23(25)26-19-12-13-20-27-28(24(2,3)4,21-15-8-6-9-16-21)22-17-10-7-11-18-22/h6-13,15-18H,19-20H2,1-4H3/b13-12+. The molecular weight excluding hydrogens is 364 g/mol. The monoisotopic (exact) mass is 392 g/mol. The Bertz CT molecular complexity index is 801. The molecule has 0 saturated heterocycles. The predicted octanol–water partition coefficient (Wildman–Crippen LogP) is 3.69. The maximum atomic E-state index is 11.3. The lowest BCUT2D eigenvalue weighted by atomic mass is 10.2. The van der Waals surface area contributed by atoms with E-state index < -0.39 is 14.3 Å². The van der Waals surface area contributed by atoms with Crippen LogP contribution in [0.25, 0.3) is 0 Å². The number of rotatable bonds is 7. The molecule has 3 nitrogen and oxygen atoms in total. The van der Waals surface area contributed by atoms with Gasteiger partial charge in [0, 0.05) is 5.92 Å². The van der Waals surface area contributed by atoms with Crippen molar-refractivity contribution in [3.63, 3.8) is 0 Å². The van der Waals surface area contributed by atoms with E-state index in [9.17, 15) is 4.79 Å². The zero-order chi connectivity index (χ0) is 20.5. The van der Waals surface area contributed by atoms with E-state index in [2.05, 4.69) is 81.1 Å². The fourth-order valence-electron chi connectivity index (χ4n) is 3.33. The third kappa shape index (κ3) is 5.22. The van der Waals surface area contributed by atoms with Crippen LogP contribution in [0.4, 0.5) is 0 Å². The molecular formula is C24H28O3Si. The number of esters is 1. The van der Waals surface area contributed by atoms with Crippen molar-refractivity contribution in [2.75, 3.05) is 13.2 Å². The van der Waals surface area contributed by atoms with E-state index in [0.29, 0.717) is 6.61 Å². The van der Waals surface area contributed by atoms with Gasteiger partial charge in [-0.3, -0.25) is 0 Å². The smallest absolute Gasteiger partial charge is 0.384 e. The lowest BCUT2D eigenvalue weighted by Crippen LogP contribution is -2.66. The Morgan fingerprint density at radius 1 is 0.929 bits per heavy atom. The van der Waals surface area contributed by atoms with Crippen LogP contribution in [0.3, 0.4) is 0 Å². The second-order valence-corrected chi connectivity index (χ2v) is 11.7. The van der Waals surface area contributed by atoms with Gasteiger partial charge in [0.15, 0.2) is 0 Å². The molecule has 0 aromatic heterocycles. The SMILES string of the molecule is CC#CC(=O)OC/C=C/CO[Si](c1ccccc1)(c1ccccc1)C(C)(C)C. The molecule has 0 bridgehead atoms. The summed E-state index contributed by atoms with van der Waals surface area (Å²) in [6.07, 6.45) is 3.71. The van der Waals surface area contributed by atoms with Gasteiger partial charge in [0.05, 0.1) is 6.61 Å². The minimum absolute atomic E-state index is 0.0628. The van der Waals surface area contributed by atoms with Gasteiger partial charge in [0.25, 0.3) is 8.32 Å². The van der Waals surface area contributed by atoms with Crippen molar-refractivity contribution in [2.45, 2.75) is 32.7 Å². The van der Waals surface area contributed by atoms with Crippen LogP contribution < -0.4 is 10.4 Å². The second kappa shape index (κ2) is 10.1. The molecule has 0 radical (unpaired) electrons. The molecule has 2 aromatic rings. The number of ether oxygens (including phenoxy) is 1. The normalized spacial score (nSPS) is 11.7. The van der Waals surface area contributed by atoms with Crippen LogP contribution in [0.2, 0.25) is 5.04 Å². The number of carbonyl (C=O) groups excluding carboxylic acids is 1. The molecule has 0 saturated carbocycles. The predicted molar refractivity (Wildman–Crippen MR) is 117 cm³/mol. The highest BCUT2D eigenvalue weighted by atomic mass is 28.4. The maximum absolute atomic E-state index is 11.3. The molecule has 28 heavy (non-hydrogen) atoms. The van der Waals surface area contributed by atoms with E-state index >= 15 is 0 Å². The van der Waals surface area contributed by atoms with E-state index in [1.807, 2.05) is 18.2 Å². The van der Waals surface area contributed by atoms with E-state index in [-0.39, 0.29) is 11.6 Å².